The first-order valence-electron chi connectivity index (χ1n) is 4.58. The van der Waals surface area contributed by atoms with Gasteiger partial charge in [0.2, 0.25) is 0 Å². The van der Waals surface area contributed by atoms with Crippen molar-refractivity contribution in [2.75, 3.05) is 5.43 Å². The SMILES string of the molecule is Cc1nn(C)c2ncc(C(=O)O)c(NN)c12. The molecule has 2 rings (SSSR count). The number of aryl methyl sites for hydroxylation is 2. The highest BCUT2D eigenvalue weighted by Crippen LogP contribution is 2.27. The van der Waals surface area contributed by atoms with Crippen LogP contribution in [0.2, 0.25) is 0 Å². The number of rotatable bonds is 2. The maximum atomic E-state index is 11.0. The first-order chi connectivity index (χ1) is 7.56. The highest BCUT2D eigenvalue weighted by atomic mass is 16.4. The molecule has 0 saturated carbocycles. The van der Waals surface area contributed by atoms with E-state index in [1.807, 2.05) is 0 Å². The smallest absolute Gasteiger partial charge is 0.339 e. The highest BCUT2D eigenvalue weighted by Gasteiger charge is 2.18. The van der Waals surface area contributed by atoms with E-state index in [-0.39, 0.29) is 5.56 Å². The zero-order chi connectivity index (χ0) is 11.9. The quantitative estimate of drug-likeness (QED) is 0.496. The van der Waals surface area contributed by atoms with Crippen LogP contribution in [0.5, 0.6) is 0 Å². The summed E-state index contributed by atoms with van der Waals surface area (Å²) in [6, 6.07) is 0. The van der Waals surface area contributed by atoms with Gasteiger partial charge in [-0.25, -0.2) is 9.78 Å². The Morgan fingerprint density at radius 2 is 2.31 bits per heavy atom. The largest absolute Gasteiger partial charge is 0.478 e. The molecule has 16 heavy (non-hydrogen) atoms. The number of carboxylic acids is 1. The molecule has 0 aliphatic rings. The molecule has 0 bridgehead atoms. The van der Waals surface area contributed by atoms with Crippen LogP contribution in [-0.2, 0) is 7.05 Å². The average molecular weight is 221 g/mol. The molecule has 0 fully saturated rings. The molecule has 0 aliphatic carbocycles. The summed E-state index contributed by atoms with van der Waals surface area (Å²) in [4.78, 5) is 15.0. The van der Waals surface area contributed by atoms with Crippen LogP contribution >= 0.6 is 0 Å². The van der Waals surface area contributed by atoms with Crippen molar-refractivity contribution >= 4 is 22.7 Å². The van der Waals surface area contributed by atoms with Gasteiger partial charge in [-0.15, -0.1) is 0 Å². The second kappa shape index (κ2) is 3.46. The van der Waals surface area contributed by atoms with Crippen LogP contribution in [0.15, 0.2) is 6.20 Å². The van der Waals surface area contributed by atoms with Crippen molar-refractivity contribution in [2.45, 2.75) is 6.92 Å². The lowest BCUT2D eigenvalue weighted by Crippen LogP contribution is -2.13. The first-order valence-corrected chi connectivity index (χ1v) is 4.58. The second-order valence-electron chi connectivity index (χ2n) is 3.40. The number of anilines is 1. The maximum absolute atomic E-state index is 11.0. The summed E-state index contributed by atoms with van der Waals surface area (Å²) in [6.45, 7) is 1.77. The molecule has 0 atom stereocenters. The zero-order valence-electron chi connectivity index (χ0n) is 8.85. The van der Waals surface area contributed by atoms with E-state index in [9.17, 15) is 4.79 Å². The van der Waals surface area contributed by atoms with E-state index in [0.717, 1.165) is 0 Å². The minimum absolute atomic E-state index is 0.0334. The number of nitrogens with two attached hydrogens (primary N) is 1. The summed E-state index contributed by atoms with van der Waals surface area (Å²) in [5.41, 5.74) is 4.04. The van der Waals surface area contributed by atoms with E-state index in [0.29, 0.717) is 22.4 Å². The van der Waals surface area contributed by atoms with Gasteiger partial charge in [0, 0.05) is 13.2 Å². The lowest BCUT2D eigenvalue weighted by Gasteiger charge is -2.06. The molecule has 2 heterocycles. The molecule has 0 aliphatic heterocycles. The van der Waals surface area contributed by atoms with Gasteiger partial charge in [0.05, 0.1) is 16.8 Å². The molecule has 7 heteroatoms. The number of nitrogens with zero attached hydrogens (tertiary/aromatic N) is 3. The topological polar surface area (TPSA) is 106 Å². The molecular weight excluding hydrogens is 210 g/mol. The van der Waals surface area contributed by atoms with Crippen LogP contribution in [0, 0.1) is 6.92 Å². The molecule has 0 radical (unpaired) electrons. The molecule has 2 aromatic heterocycles. The van der Waals surface area contributed by atoms with Crippen LogP contribution in [0.4, 0.5) is 5.69 Å². The van der Waals surface area contributed by atoms with Gasteiger partial charge in [-0.05, 0) is 6.92 Å². The van der Waals surface area contributed by atoms with E-state index in [1.165, 1.54) is 6.20 Å². The van der Waals surface area contributed by atoms with Crippen molar-refractivity contribution in [3.05, 3.63) is 17.5 Å². The number of hydrazine groups is 1. The van der Waals surface area contributed by atoms with E-state index in [2.05, 4.69) is 15.5 Å². The molecule has 0 spiro atoms. The lowest BCUT2D eigenvalue weighted by molar-refractivity contribution is 0.0697. The summed E-state index contributed by atoms with van der Waals surface area (Å²) < 4.78 is 1.58. The average Bonchev–Trinajstić information content (AvgIpc) is 2.53. The molecule has 84 valence electrons. The number of nitrogens with one attached hydrogen (secondary N) is 1. The predicted octanol–water partition coefficient (Wildman–Crippen LogP) is 0.261. The Morgan fingerprint density at radius 1 is 1.62 bits per heavy atom. The minimum atomic E-state index is -1.08. The minimum Gasteiger partial charge on any atom is -0.478 e. The van der Waals surface area contributed by atoms with Crippen molar-refractivity contribution in [3.8, 4) is 0 Å². The molecular formula is C9H11N5O2. The number of hydrogen-bond acceptors (Lipinski definition) is 5. The monoisotopic (exact) mass is 221 g/mol. The standard InChI is InChI=1S/C9H11N5O2/c1-4-6-7(12-10)5(9(15)16)3-11-8(6)14(2)13-4/h3H,10H2,1-2H3,(H,11,12)(H,15,16). The summed E-state index contributed by atoms with van der Waals surface area (Å²) in [6.07, 6.45) is 1.26. The van der Waals surface area contributed by atoms with Crippen LogP contribution < -0.4 is 11.3 Å². The molecule has 0 saturated heterocycles. The number of aromatic nitrogens is 3. The van der Waals surface area contributed by atoms with Gasteiger partial charge in [0.15, 0.2) is 5.65 Å². The number of nitrogen functional groups attached to an aromatic ring is 1. The Kier molecular flexibility index (Phi) is 2.24. The number of pyridine rings is 1. The van der Waals surface area contributed by atoms with E-state index < -0.39 is 5.97 Å². The Hall–Kier alpha value is -2.15. The lowest BCUT2D eigenvalue weighted by atomic mass is 10.1. The molecule has 4 N–H and O–H groups in total. The third-order valence-corrected chi connectivity index (χ3v) is 2.40. The summed E-state index contributed by atoms with van der Waals surface area (Å²) in [5, 5.41) is 13.8. The predicted molar refractivity (Wildman–Crippen MR) is 58.0 cm³/mol. The molecule has 0 unspecified atom stereocenters. The highest BCUT2D eigenvalue weighted by molar-refractivity contribution is 6.04. The van der Waals surface area contributed by atoms with Gasteiger partial charge in [-0.1, -0.05) is 0 Å². The van der Waals surface area contributed by atoms with Crippen LogP contribution in [0.3, 0.4) is 0 Å². The van der Waals surface area contributed by atoms with Gasteiger partial charge in [-0.2, -0.15) is 5.10 Å². The summed E-state index contributed by atoms with van der Waals surface area (Å²) in [7, 11) is 1.74. The summed E-state index contributed by atoms with van der Waals surface area (Å²) in [5.74, 6) is 4.28. The fourth-order valence-electron chi connectivity index (χ4n) is 1.72. The van der Waals surface area contributed by atoms with Crippen LogP contribution in [-0.4, -0.2) is 25.8 Å². The van der Waals surface area contributed by atoms with E-state index in [1.54, 1.807) is 18.7 Å². The fraction of sp³-hybridized carbons (Fsp3) is 0.222. The number of carbonyl (C=O) groups is 1. The number of carboxylic acid groups (broad SMARTS) is 1. The number of fused-ring (bicyclic) bond motifs is 1. The van der Waals surface area contributed by atoms with Crippen molar-refractivity contribution in [1.82, 2.24) is 14.8 Å². The molecule has 2 aromatic rings. The molecule has 0 amide bonds. The van der Waals surface area contributed by atoms with Gasteiger partial charge in [-0.3, -0.25) is 10.5 Å². The molecule has 0 aromatic carbocycles. The van der Waals surface area contributed by atoms with Gasteiger partial charge >= 0.3 is 5.97 Å². The van der Waals surface area contributed by atoms with Gasteiger partial charge in [0.1, 0.15) is 5.56 Å². The maximum Gasteiger partial charge on any atom is 0.339 e. The fourth-order valence-corrected chi connectivity index (χ4v) is 1.72. The number of aromatic carboxylic acids is 1. The normalized spacial score (nSPS) is 10.7. The number of hydrogen-bond donors (Lipinski definition) is 3. The van der Waals surface area contributed by atoms with E-state index >= 15 is 0 Å². The molecule has 7 nitrogen and oxygen atoms in total. The van der Waals surface area contributed by atoms with Gasteiger partial charge in [0.25, 0.3) is 0 Å². The van der Waals surface area contributed by atoms with E-state index in [4.69, 9.17) is 10.9 Å². The van der Waals surface area contributed by atoms with Crippen molar-refractivity contribution < 1.29 is 9.90 Å². The third kappa shape index (κ3) is 1.29. The van der Waals surface area contributed by atoms with Crippen LogP contribution in [0.25, 0.3) is 11.0 Å². The first kappa shape index (κ1) is 10.4. The van der Waals surface area contributed by atoms with Crippen molar-refractivity contribution in [3.63, 3.8) is 0 Å². The van der Waals surface area contributed by atoms with Crippen LogP contribution in [0.1, 0.15) is 16.1 Å². The Balaban J connectivity index is 2.90. The zero-order valence-corrected chi connectivity index (χ0v) is 8.85. The van der Waals surface area contributed by atoms with Gasteiger partial charge < -0.3 is 10.5 Å². The Morgan fingerprint density at radius 3 is 2.88 bits per heavy atom. The second-order valence-corrected chi connectivity index (χ2v) is 3.40. The Bertz CT molecular complexity index is 575. The van der Waals surface area contributed by atoms with Crippen molar-refractivity contribution in [2.24, 2.45) is 12.9 Å². The van der Waals surface area contributed by atoms with Crippen molar-refractivity contribution in [1.29, 1.82) is 0 Å². The Labute approximate surface area is 90.9 Å². The third-order valence-electron chi connectivity index (χ3n) is 2.40. The summed E-state index contributed by atoms with van der Waals surface area (Å²) >= 11 is 0.